The summed E-state index contributed by atoms with van der Waals surface area (Å²) in [7, 11) is -3.54. The molecule has 0 bridgehead atoms. The Balaban J connectivity index is 1.60. The number of piperidine rings is 1. The van der Waals surface area contributed by atoms with Crippen LogP contribution in [0.5, 0.6) is 5.75 Å². The molecular weight excluding hydrogens is 400 g/mol. The Bertz CT molecular complexity index is 973. The van der Waals surface area contributed by atoms with Gasteiger partial charge in [0, 0.05) is 18.8 Å². The van der Waals surface area contributed by atoms with Gasteiger partial charge in [0.15, 0.2) is 6.61 Å². The molecule has 0 aromatic heterocycles. The smallest absolute Gasteiger partial charge is 0.262 e. The van der Waals surface area contributed by atoms with Crippen LogP contribution in [0.1, 0.15) is 45.6 Å². The molecular formula is C23H30N2O4S. The maximum absolute atomic E-state index is 12.8. The highest BCUT2D eigenvalue weighted by molar-refractivity contribution is 7.89. The molecule has 1 fully saturated rings. The van der Waals surface area contributed by atoms with Crippen LogP contribution in [0.3, 0.4) is 0 Å². The lowest BCUT2D eigenvalue weighted by atomic mass is 9.87. The first-order valence-corrected chi connectivity index (χ1v) is 11.7. The number of nitrogens with one attached hydrogen (secondary N) is 1. The van der Waals surface area contributed by atoms with E-state index in [9.17, 15) is 13.2 Å². The first kappa shape index (κ1) is 22.3. The minimum absolute atomic E-state index is 0.0510. The maximum Gasteiger partial charge on any atom is 0.262 e. The number of sulfonamides is 1. The number of hydrogen-bond acceptors (Lipinski definition) is 4. The van der Waals surface area contributed by atoms with E-state index in [1.165, 1.54) is 15.9 Å². The number of benzene rings is 2. The van der Waals surface area contributed by atoms with Crippen molar-refractivity contribution < 1.29 is 17.9 Å². The quantitative estimate of drug-likeness (QED) is 0.746. The van der Waals surface area contributed by atoms with Crippen LogP contribution in [0.4, 0.5) is 5.69 Å². The first-order valence-electron chi connectivity index (χ1n) is 10.3. The van der Waals surface area contributed by atoms with Gasteiger partial charge in [-0.3, -0.25) is 4.79 Å². The average molecular weight is 431 g/mol. The van der Waals surface area contributed by atoms with E-state index in [4.69, 9.17) is 4.74 Å². The number of rotatable bonds is 6. The topological polar surface area (TPSA) is 75.7 Å². The molecule has 1 aliphatic rings. The van der Waals surface area contributed by atoms with Crippen LogP contribution in [0.25, 0.3) is 0 Å². The van der Waals surface area contributed by atoms with E-state index in [-0.39, 0.29) is 22.8 Å². The van der Waals surface area contributed by atoms with Gasteiger partial charge in [-0.1, -0.05) is 45.4 Å². The van der Waals surface area contributed by atoms with Gasteiger partial charge in [0.2, 0.25) is 10.0 Å². The largest absolute Gasteiger partial charge is 0.484 e. The van der Waals surface area contributed by atoms with Gasteiger partial charge in [-0.05, 0) is 54.2 Å². The molecule has 7 heteroatoms. The van der Waals surface area contributed by atoms with Gasteiger partial charge in [0.1, 0.15) is 5.75 Å². The van der Waals surface area contributed by atoms with Crippen molar-refractivity contribution in [1.29, 1.82) is 0 Å². The Kier molecular flexibility index (Phi) is 6.83. The van der Waals surface area contributed by atoms with Crippen LogP contribution in [0.15, 0.2) is 53.4 Å². The number of amides is 1. The van der Waals surface area contributed by atoms with Gasteiger partial charge in [-0.15, -0.1) is 0 Å². The Morgan fingerprint density at radius 3 is 2.33 bits per heavy atom. The number of carbonyl (C=O) groups excluding carboxylic acids is 1. The first-order chi connectivity index (χ1) is 14.2. The van der Waals surface area contributed by atoms with Crippen molar-refractivity contribution in [3.8, 4) is 5.75 Å². The normalized spacial score (nSPS) is 15.6. The van der Waals surface area contributed by atoms with Crippen LogP contribution < -0.4 is 10.1 Å². The van der Waals surface area contributed by atoms with Crippen molar-refractivity contribution in [3.05, 3.63) is 54.1 Å². The molecule has 1 heterocycles. The van der Waals surface area contributed by atoms with E-state index < -0.39 is 10.0 Å². The molecule has 0 unspecified atom stereocenters. The van der Waals surface area contributed by atoms with Crippen molar-refractivity contribution in [2.24, 2.45) is 0 Å². The lowest BCUT2D eigenvalue weighted by Gasteiger charge is -2.26. The molecule has 1 saturated heterocycles. The van der Waals surface area contributed by atoms with E-state index in [0.29, 0.717) is 24.5 Å². The Morgan fingerprint density at radius 2 is 1.70 bits per heavy atom. The molecule has 0 atom stereocenters. The van der Waals surface area contributed by atoms with Crippen molar-refractivity contribution >= 4 is 21.6 Å². The molecule has 1 aliphatic heterocycles. The molecule has 3 rings (SSSR count). The SMILES string of the molecule is CC(C)(C)c1ccc(OCC(=O)Nc2cccc(S(=O)(=O)N3CCCCC3)c2)cc1. The fraction of sp³-hybridized carbons (Fsp3) is 0.435. The minimum Gasteiger partial charge on any atom is -0.484 e. The number of ether oxygens (including phenoxy) is 1. The lowest BCUT2D eigenvalue weighted by Crippen LogP contribution is -2.35. The minimum atomic E-state index is -3.54. The third-order valence-corrected chi connectivity index (χ3v) is 7.06. The summed E-state index contributed by atoms with van der Waals surface area (Å²) < 4.78 is 32.7. The predicted octanol–water partition coefficient (Wildman–Crippen LogP) is 4.18. The number of hydrogen-bond donors (Lipinski definition) is 1. The average Bonchev–Trinajstić information content (AvgIpc) is 2.73. The van der Waals surface area contributed by atoms with E-state index in [1.54, 1.807) is 18.2 Å². The van der Waals surface area contributed by atoms with E-state index >= 15 is 0 Å². The number of carbonyl (C=O) groups is 1. The van der Waals surface area contributed by atoms with Gasteiger partial charge in [-0.25, -0.2) is 8.42 Å². The molecule has 6 nitrogen and oxygen atoms in total. The second-order valence-electron chi connectivity index (χ2n) is 8.60. The fourth-order valence-corrected chi connectivity index (χ4v) is 4.95. The summed E-state index contributed by atoms with van der Waals surface area (Å²) in [5.41, 5.74) is 1.67. The molecule has 2 aromatic rings. The third kappa shape index (κ3) is 5.61. The van der Waals surface area contributed by atoms with Crippen LogP contribution >= 0.6 is 0 Å². The second-order valence-corrected chi connectivity index (χ2v) is 10.5. The van der Waals surface area contributed by atoms with Gasteiger partial charge in [-0.2, -0.15) is 4.31 Å². The van der Waals surface area contributed by atoms with Gasteiger partial charge in [0.05, 0.1) is 4.90 Å². The van der Waals surface area contributed by atoms with E-state index in [0.717, 1.165) is 19.3 Å². The van der Waals surface area contributed by atoms with Gasteiger partial charge >= 0.3 is 0 Å². The Labute approximate surface area is 179 Å². The highest BCUT2D eigenvalue weighted by Gasteiger charge is 2.26. The standard InChI is InChI=1S/C23H30N2O4S/c1-23(2,3)18-10-12-20(13-11-18)29-17-22(26)24-19-8-7-9-21(16-19)30(27,28)25-14-5-4-6-15-25/h7-13,16H,4-6,14-15,17H2,1-3H3,(H,24,26). The summed E-state index contributed by atoms with van der Waals surface area (Å²) in [6.07, 6.45) is 2.81. The molecule has 0 radical (unpaired) electrons. The highest BCUT2D eigenvalue weighted by Crippen LogP contribution is 2.25. The molecule has 1 N–H and O–H groups in total. The predicted molar refractivity (Wildman–Crippen MR) is 118 cm³/mol. The summed E-state index contributed by atoms with van der Waals surface area (Å²) in [6, 6.07) is 14.0. The number of nitrogens with zero attached hydrogens (tertiary/aromatic N) is 1. The zero-order chi connectivity index (χ0) is 21.8. The third-order valence-electron chi connectivity index (χ3n) is 5.16. The van der Waals surface area contributed by atoms with Crippen molar-refractivity contribution in [1.82, 2.24) is 4.31 Å². The number of anilines is 1. The molecule has 0 saturated carbocycles. The van der Waals surface area contributed by atoms with E-state index in [1.807, 2.05) is 24.3 Å². The summed E-state index contributed by atoms with van der Waals surface area (Å²) in [4.78, 5) is 12.5. The second kappa shape index (κ2) is 9.18. The highest BCUT2D eigenvalue weighted by atomic mass is 32.2. The summed E-state index contributed by atoms with van der Waals surface area (Å²) in [6.45, 7) is 7.33. The molecule has 162 valence electrons. The maximum atomic E-state index is 12.8. The van der Waals surface area contributed by atoms with E-state index in [2.05, 4.69) is 26.1 Å². The monoisotopic (exact) mass is 430 g/mol. The Hall–Kier alpha value is -2.38. The molecule has 0 aliphatic carbocycles. The van der Waals surface area contributed by atoms with Crippen molar-refractivity contribution in [2.45, 2.75) is 50.3 Å². The lowest BCUT2D eigenvalue weighted by molar-refractivity contribution is -0.118. The van der Waals surface area contributed by atoms with Crippen molar-refractivity contribution in [2.75, 3.05) is 25.0 Å². The summed E-state index contributed by atoms with van der Waals surface area (Å²) in [5.74, 6) is 0.266. The zero-order valence-electron chi connectivity index (χ0n) is 17.8. The summed E-state index contributed by atoms with van der Waals surface area (Å²) >= 11 is 0. The van der Waals surface area contributed by atoms with Gasteiger partial charge < -0.3 is 10.1 Å². The van der Waals surface area contributed by atoms with Crippen LogP contribution in [-0.4, -0.2) is 38.3 Å². The van der Waals surface area contributed by atoms with Crippen LogP contribution in [0, 0.1) is 0 Å². The molecule has 30 heavy (non-hydrogen) atoms. The summed E-state index contributed by atoms with van der Waals surface area (Å²) in [5, 5.41) is 2.72. The Morgan fingerprint density at radius 1 is 1.03 bits per heavy atom. The molecule has 1 amide bonds. The van der Waals surface area contributed by atoms with Crippen molar-refractivity contribution in [3.63, 3.8) is 0 Å². The fourth-order valence-electron chi connectivity index (χ4n) is 3.39. The van der Waals surface area contributed by atoms with Gasteiger partial charge in [0.25, 0.3) is 5.91 Å². The van der Waals surface area contributed by atoms with Crippen LogP contribution in [0.2, 0.25) is 0 Å². The molecule has 0 spiro atoms. The van der Waals surface area contributed by atoms with Crippen LogP contribution in [-0.2, 0) is 20.2 Å². The zero-order valence-corrected chi connectivity index (χ0v) is 18.7. The molecule has 2 aromatic carbocycles.